The molecule has 22 heavy (non-hydrogen) atoms. The van der Waals surface area contributed by atoms with Crippen molar-refractivity contribution in [2.45, 2.75) is 13.5 Å². The maximum Gasteiger partial charge on any atom is 0.342 e. The molecule has 0 aliphatic rings. The molecule has 0 atom stereocenters. The molecule has 1 N–H and O–H groups in total. The van der Waals surface area contributed by atoms with E-state index in [0.29, 0.717) is 17.1 Å². The fourth-order valence-electron chi connectivity index (χ4n) is 2.03. The third-order valence-corrected chi connectivity index (χ3v) is 3.22. The van der Waals surface area contributed by atoms with Crippen molar-refractivity contribution in [1.29, 1.82) is 0 Å². The van der Waals surface area contributed by atoms with Gasteiger partial charge in [0.05, 0.1) is 14.2 Å². The van der Waals surface area contributed by atoms with Crippen LogP contribution in [-0.4, -0.2) is 25.3 Å². The van der Waals surface area contributed by atoms with Crippen LogP contribution in [0.25, 0.3) is 0 Å². The fraction of sp³-hybridized carbons (Fsp3) is 0.235. The van der Waals surface area contributed by atoms with Crippen molar-refractivity contribution in [3.8, 4) is 17.2 Å². The van der Waals surface area contributed by atoms with Crippen LogP contribution in [0, 0.1) is 6.92 Å². The highest BCUT2D eigenvalue weighted by Gasteiger charge is 2.14. The minimum Gasteiger partial charge on any atom is -0.507 e. The Kier molecular flexibility index (Phi) is 4.88. The number of ether oxygens (including phenoxy) is 3. The van der Waals surface area contributed by atoms with Crippen molar-refractivity contribution in [3.63, 3.8) is 0 Å². The van der Waals surface area contributed by atoms with Gasteiger partial charge in [-0.1, -0.05) is 11.6 Å². The Morgan fingerprint density at radius 3 is 2.55 bits per heavy atom. The second-order valence-electron chi connectivity index (χ2n) is 4.77. The normalized spacial score (nSPS) is 10.1. The zero-order chi connectivity index (χ0) is 16.1. The molecule has 0 saturated heterocycles. The summed E-state index contributed by atoms with van der Waals surface area (Å²) in [6, 6.07) is 10.0. The van der Waals surface area contributed by atoms with E-state index in [1.54, 1.807) is 44.6 Å². The lowest BCUT2D eigenvalue weighted by atomic mass is 10.1. The van der Waals surface area contributed by atoms with Crippen molar-refractivity contribution < 1.29 is 24.1 Å². The summed E-state index contributed by atoms with van der Waals surface area (Å²) in [6.07, 6.45) is 0. The van der Waals surface area contributed by atoms with E-state index in [2.05, 4.69) is 0 Å². The quantitative estimate of drug-likeness (QED) is 0.860. The molecule has 0 amide bonds. The summed E-state index contributed by atoms with van der Waals surface area (Å²) in [5.74, 6) is 0.548. The summed E-state index contributed by atoms with van der Waals surface area (Å²) >= 11 is 0. The van der Waals surface area contributed by atoms with Gasteiger partial charge in [-0.15, -0.1) is 0 Å². The van der Waals surface area contributed by atoms with Crippen LogP contribution >= 0.6 is 0 Å². The second-order valence-corrected chi connectivity index (χ2v) is 4.77. The van der Waals surface area contributed by atoms with Gasteiger partial charge in [-0.05, 0) is 37.3 Å². The van der Waals surface area contributed by atoms with E-state index in [1.807, 2.05) is 6.92 Å². The van der Waals surface area contributed by atoms with Crippen LogP contribution in [0.15, 0.2) is 36.4 Å². The van der Waals surface area contributed by atoms with Crippen LogP contribution < -0.4 is 9.47 Å². The summed E-state index contributed by atoms with van der Waals surface area (Å²) in [6.45, 7) is 1.86. The summed E-state index contributed by atoms with van der Waals surface area (Å²) < 4.78 is 15.6. The van der Waals surface area contributed by atoms with Crippen molar-refractivity contribution in [1.82, 2.24) is 0 Å². The number of aromatic hydroxyl groups is 1. The number of hydrogen-bond acceptors (Lipinski definition) is 5. The molecule has 0 aromatic heterocycles. The molecule has 0 aliphatic carbocycles. The number of phenolic OH excluding ortho intramolecular Hbond substituents is 1. The van der Waals surface area contributed by atoms with Crippen molar-refractivity contribution >= 4 is 5.97 Å². The molecule has 0 bridgehead atoms. The summed E-state index contributed by atoms with van der Waals surface area (Å²) in [4.78, 5) is 12.1. The Hall–Kier alpha value is -2.69. The predicted molar refractivity (Wildman–Crippen MR) is 81.5 cm³/mol. The molecule has 0 unspecified atom stereocenters. The average Bonchev–Trinajstić information content (AvgIpc) is 2.54. The molecular formula is C17H18O5. The zero-order valence-corrected chi connectivity index (χ0v) is 12.8. The van der Waals surface area contributed by atoms with E-state index < -0.39 is 5.97 Å². The summed E-state index contributed by atoms with van der Waals surface area (Å²) in [5, 5.41) is 9.74. The third kappa shape index (κ3) is 3.49. The molecular weight excluding hydrogens is 284 g/mol. The standard InChI is InChI=1S/C17H18O5/c1-11-4-6-15(18)14(8-11)17(19)22-10-12-9-13(20-2)5-7-16(12)21-3/h4-9,18H,10H2,1-3H3. The van der Waals surface area contributed by atoms with Crippen LogP contribution in [-0.2, 0) is 11.3 Å². The maximum atomic E-state index is 12.1. The van der Waals surface area contributed by atoms with E-state index in [4.69, 9.17) is 14.2 Å². The second kappa shape index (κ2) is 6.85. The van der Waals surface area contributed by atoms with Gasteiger partial charge in [-0.2, -0.15) is 0 Å². The topological polar surface area (TPSA) is 65.0 Å². The SMILES string of the molecule is COc1ccc(OC)c(COC(=O)c2cc(C)ccc2O)c1. The molecule has 5 heteroatoms. The van der Waals surface area contributed by atoms with Crippen molar-refractivity contribution in [2.24, 2.45) is 0 Å². The van der Waals surface area contributed by atoms with Gasteiger partial charge in [-0.25, -0.2) is 4.79 Å². The lowest BCUT2D eigenvalue weighted by Crippen LogP contribution is -2.07. The highest BCUT2D eigenvalue weighted by Crippen LogP contribution is 2.26. The Morgan fingerprint density at radius 1 is 1.09 bits per heavy atom. The van der Waals surface area contributed by atoms with Crippen LogP contribution in [0.2, 0.25) is 0 Å². The number of carbonyl (C=O) groups is 1. The van der Waals surface area contributed by atoms with Crippen LogP contribution in [0.1, 0.15) is 21.5 Å². The lowest BCUT2D eigenvalue weighted by molar-refractivity contribution is 0.0466. The van der Waals surface area contributed by atoms with E-state index in [9.17, 15) is 9.90 Å². The smallest absolute Gasteiger partial charge is 0.342 e. The molecule has 0 spiro atoms. The largest absolute Gasteiger partial charge is 0.507 e. The number of hydrogen-bond donors (Lipinski definition) is 1. The van der Waals surface area contributed by atoms with E-state index >= 15 is 0 Å². The van der Waals surface area contributed by atoms with Gasteiger partial charge >= 0.3 is 5.97 Å². The summed E-state index contributed by atoms with van der Waals surface area (Å²) in [5.41, 5.74) is 1.69. The summed E-state index contributed by atoms with van der Waals surface area (Å²) in [7, 11) is 3.10. The first-order valence-electron chi connectivity index (χ1n) is 6.72. The van der Waals surface area contributed by atoms with Gasteiger partial charge in [0.25, 0.3) is 0 Å². The molecule has 0 radical (unpaired) electrons. The highest BCUT2D eigenvalue weighted by atomic mass is 16.5. The van der Waals surface area contributed by atoms with E-state index in [0.717, 1.165) is 5.56 Å². The molecule has 2 rings (SSSR count). The molecule has 0 saturated carbocycles. The van der Waals surface area contributed by atoms with E-state index in [-0.39, 0.29) is 17.9 Å². The Bertz CT molecular complexity index is 679. The first-order chi connectivity index (χ1) is 10.5. The highest BCUT2D eigenvalue weighted by molar-refractivity contribution is 5.92. The number of aryl methyl sites for hydroxylation is 1. The molecule has 2 aromatic carbocycles. The van der Waals surface area contributed by atoms with Crippen LogP contribution in [0.5, 0.6) is 17.2 Å². The lowest BCUT2D eigenvalue weighted by Gasteiger charge is -2.11. The molecule has 0 heterocycles. The minimum absolute atomic E-state index is 0.0204. The van der Waals surface area contributed by atoms with Crippen molar-refractivity contribution in [2.75, 3.05) is 14.2 Å². The van der Waals surface area contributed by atoms with Crippen LogP contribution in [0.3, 0.4) is 0 Å². The number of benzene rings is 2. The van der Waals surface area contributed by atoms with Gasteiger partial charge in [0.1, 0.15) is 29.4 Å². The number of phenols is 1. The van der Waals surface area contributed by atoms with E-state index in [1.165, 1.54) is 6.07 Å². The van der Waals surface area contributed by atoms with Crippen molar-refractivity contribution in [3.05, 3.63) is 53.1 Å². The molecule has 0 fully saturated rings. The number of carbonyl (C=O) groups excluding carboxylic acids is 1. The monoisotopic (exact) mass is 302 g/mol. The predicted octanol–water partition coefficient (Wildman–Crippen LogP) is 3.07. The van der Waals surface area contributed by atoms with Gasteiger partial charge in [0.2, 0.25) is 0 Å². The molecule has 0 aliphatic heterocycles. The first kappa shape index (κ1) is 15.7. The maximum absolute atomic E-state index is 12.1. The first-order valence-corrected chi connectivity index (χ1v) is 6.72. The molecule has 116 valence electrons. The average molecular weight is 302 g/mol. The number of methoxy groups -OCH3 is 2. The Labute approximate surface area is 129 Å². The van der Waals surface area contributed by atoms with Gasteiger partial charge in [0, 0.05) is 5.56 Å². The fourth-order valence-corrected chi connectivity index (χ4v) is 2.03. The van der Waals surface area contributed by atoms with Gasteiger partial charge in [-0.3, -0.25) is 0 Å². The third-order valence-electron chi connectivity index (χ3n) is 3.22. The molecule has 2 aromatic rings. The zero-order valence-electron chi connectivity index (χ0n) is 12.8. The van der Waals surface area contributed by atoms with Gasteiger partial charge in [0.15, 0.2) is 0 Å². The number of rotatable bonds is 5. The molecule has 5 nitrogen and oxygen atoms in total. The Morgan fingerprint density at radius 2 is 1.86 bits per heavy atom. The minimum atomic E-state index is -0.592. The Balaban J connectivity index is 2.15. The number of esters is 1. The van der Waals surface area contributed by atoms with Crippen LogP contribution in [0.4, 0.5) is 0 Å². The van der Waals surface area contributed by atoms with Gasteiger partial charge < -0.3 is 19.3 Å².